The van der Waals surface area contributed by atoms with E-state index < -0.39 is 0 Å². The molecule has 0 radical (unpaired) electrons. The monoisotopic (exact) mass is 312 g/mol. The average molecular weight is 313 g/mol. The summed E-state index contributed by atoms with van der Waals surface area (Å²) in [6.07, 6.45) is 2.53. The number of nitrogens with zero attached hydrogens (tertiary/aromatic N) is 4. The lowest BCUT2D eigenvalue weighted by atomic mass is 10.1. The van der Waals surface area contributed by atoms with Crippen molar-refractivity contribution in [3.63, 3.8) is 0 Å². The van der Waals surface area contributed by atoms with Crippen LogP contribution in [-0.4, -0.2) is 39.8 Å². The number of hydrogen-bond donors (Lipinski definition) is 0. The third-order valence-electron chi connectivity index (χ3n) is 3.19. The van der Waals surface area contributed by atoms with E-state index in [1.165, 1.54) is 6.33 Å². The first-order chi connectivity index (χ1) is 10.2. The zero-order valence-electron chi connectivity index (χ0n) is 12.7. The van der Waals surface area contributed by atoms with E-state index in [-0.39, 0.29) is 0 Å². The highest BCUT2D eigenvalue weighted by atomic mass is 35.5. The van der Waals surface area contributed by atoms with Crippen LogP contribution in [0.1, 0.15) is 26.1 Å². The maximum Gasteiger partial charge on any atom is 0.245 e. The number of halogens is 1. The molecule has 0 aliphatic rings. The number of methoxy groups -OCH3 is 1. The summed E-state index contributed by atoms with van der Waals surface area (Å²) < 4.78 is 12.8. The summed E-state index contributed by atoms with van der Waals surface area (Å²) in [5.41, 5.74) is 1.36. The van der Waals surface area contributed by atoms with Crippen LogP contribution in [0, 0.1) is 5.92 Å². The highest BCUT2D eigenvalue weighted by Gasteiger charge is 2.15. The zero-order chi connectivity index (χ0) is 15.2. The molecule has 2 aromatic heterocycles. The van der Waals surface area contributed by atoms with Crippen molar-refractivity contribution in [2.45, 2.75) is 32.7 Å². The van der Waals surface area contributed by atoms with Crippen molar-refractivity contribution in [2.24, 2.45) is 5.92 Å². The summed E-state index contributed by atoms with van der Waals surface area (Å²) in [5.74, 6) is 2.17. The highest BCUT2D eigenvalue weighted by molar-refractivity contribution is 6.16. The molecule has 0 bridgehead atoms. The fraction of sp³-hybridized carbons (Fsp3) is 0.643. The van der Waals surface area contributed by atoms with Crippen LogP contribution in [-0.2, 0) is 17.2 Å². The number of alkyl halides is 1. The molecule has 2 aromatic rings. The van der Waals surface area contributed by atoms with E-state index in [2.05, 4.69) is 28.8 Å². The molecule has 0 N–H and O–H groups in total. The average Bonchev–Trinajstić information content (AvgIpc) is 2.84. The van der Waals surface area contributed by atoms with Gasteiger partial charge in [0.25, 0.3) is 0 Å². The Morgan fingerprint density at radius 2 is 2.10 bits per heavy atom. The van der Waals surface area contributed by atoms with Crippen molar-refractivity contribution in [2.75, 3.05) is 20.3 Å². The van der Waals surface area contributed by atoms with Crippen LogP contribution < -0.4 is 4.74 Å². The van der Waals surface area contributed by atoms with Gasteiger partial charge in [0.2, 0.25) is 5.88 Å². The summed E-state index contributed by atoms with van der Waals surface area (Å²) >= 11 is 5.97. The van der Waals surface area contributed by atoms with Crippen LogP contribution in [0.4, 0.5) is 0 Å². The molecule has 0 fully saturated rings. The smallest absolute Gasteiger partial charge is 0.245 e. The Labute approximate surface area is 129 Å². The van der Waals surface area contributed by atoms with Crippen LogP contribution in [0.3, 0.4) is 0 Å². The van der Waals surface area contributed by atoms with E-state index >= 15 is 0 Å². The molecule has 2 rings (SSSR count). The van der Waals surface area contributed by atoms with E-state index in [4.69, 9.17) is 21.1 Å². The lowest BCUT2D eigenvalue weighted by Gasteiger charge is -2.09. The molecule has 0 amide bonds. The number of ether oxygens (including phenoxy) is 2. The quantitative estimate of drug-likeness (QED) is 0.554. The van der Waals surface area contributed by atoms with Crippen LogP contribution >= 0.6 is 11.6 Å². The van der Waals surface area contributed by atoms with Gasteiger partial charge in [-0.1, -0.05) is 13.8 Å². The number of fused-ring (bicyclic) bond motifs is 1. The first-order valence-electron chi connectivity index (χ1n) is 7.05. The van der Waals surface area contributed by atoms with Crippen molar-refractivity contribution < 1.29 is 9.47 Å². The Hall–Kier alpha value is -1.40. The first-order valence-corrected chi connectivity index (χ1v) is 7.58. The Morgan fingerprint density at radius 3 is 2.76 bits per heavy atom. The van der Waals surface area contributed by atoms with Crippen LogP contribution in [0.2, 0.25) is 0 Å². The maximum absolute atomic E-state index is 5.97. The van der Waals surface area contributed by atoms with Gasteiger partial charge in [0.05, 0.1) is 19.6 Å². The van der Waals surface area contributed by atoms with Gasteiger partial charge < -0.3 is 14.0 Å². The van der Waals surface area contributed by atoms with Gasteiger partial charge in [-0.05, 0) is 12.3 Å². The molecule has 0 atom stereocenters. The van der Waals surface area contributed by atoms with Gasteiger partial charge in [-0.25, -0.2) is 9.97 Å². The van der Waals surface area contributed by atoms with Crippen molar-refractivity contribution in [3.8, 4) is 5.88 Å². The van der Waals surface area contributed by atoms with Crippen LogP contribution in [0.5, 0.6) is 5.88 Å². The maximum atomic E-state index is 5.97. The zero-order valence-corrected chi connectivity index (χ0v) is 13.4. The highest BCUT2D eigenvalue weighted by Crippen LogP contribution is 2.22. The van der Waals surface area contributed by atoms with Gasteiger partial charge >= 0.3 is 0 Å². The molecule has 0 aliphatic heterocycles. The van der Waals surface area contributed by atoms with Gasteiger partial charge in [0.15, 0.2) is 11.2 Å². The largest absolute Gasteiger partial charge is 0.479 e. The summed E-state index contributed by atoms with van der Waals surface area (Å²) in [6.45, 7) is 6.40. The molecule has 0 aromatic carbocycles. The Bertz CT molecular complexity index is 586. The minimum Gasteiger partial charge on any atom is -0.479 e. The van der Waals surface area contributed by atoms with E-state index in [1.54, 1.807) is 7.11 Å². The molecule has 0 unspecified atom stereocenters. The third kappa shape index (κ3) is 3.83. The van der Waals surface area contributed by atoms with Gasteiger partial charge in [-0.2, -0.15) is 4.98 Å². The molecule has 116 valence electrons. The molecule has 0 aliphatic carbocycles. The second kappa shape index (κ2) is 7.56. The minimum absolute atomic E-state index is 0.311. The van der Waals surface area contributed by atoms with Crippen molar-refractivity contribution in [3.05, 3.63) is 12.2 Å². The summed E-state index contributed by atoms with van der Waals surface area (Å²) in [5, 5.41) is 0. The number of rotatable bonds is 8. The van der Waals surface area contributed by atoms with Crippen LogP contribution in [0.25, 0.3) is 11.2 Å². The van der Waals surface area contributed by atoms with E-state index in [0.717, 1.165) is 24.5 Å². The molecule has 7 heteroatoms. The topological polar surface area (TPSA) is 62.1 Å². The number of hydrogen-bond acceptors (Lipinski definition) is 5. The molecule has 0 saturated carbocycles. The molecule has 2 heterocycles. The Morgan fingerprint density at radius 1 is 1.29 bits per heavy atom. The summed E-state index contributed by atoms with van der Waals surface area (Å²) in [4.78, 5) is 12.8. The molecular formula is C14H21ClN4O2. The molecule has 0 spiro atoms. The van der Waals surface area contributed by atoms with Crippen molar-refractivity contribution in [1.29, 1.82) is 0 Å². The lowest BCUT2D eigenvalue weighted by Crippen LogP contribution is -2.10. The number of aromatic nitrogens is 4. The van der Waals surface area contributed by atoms with E-state index in [9.17, 15) is 0 Å². The van der Waals surface area contributed by atoms with E-state index in [1.807, 2.05) is 4.57 Å². The standard InChI is InChI=1S/C14H21ClN4O2/c1-10(2)4-6-21-7-5-19-11(8-15)18-12-13(19)16-9-17-14(12)20-3/h9-10H,4-8H2,1-3H3. The summed E-state index contributed by atoms with van der Waals surface area (Å²) in [7, 11) is 1.57. The minimum atomic E-state index is 0.311. The molecule has 0 saturated heterocycles. The second-order valence-corrected chi connectivity index (χ2v) is 5.43. The molecule has 6 nitrogen and oxygen atoms in total. The van der Waals surface area contributed by atoms with Gasteiger partial charge in [-0.3, -0.25) is 0 Å². The molecule has 21 heavy (non-hydrogen) atoms. The van der Waals surface area contributed by atoms with E-state index in [0.29, 0.717) is 36.3 Å². The predicted octanol–water partition coefficient (Wildman–Crippen LogP) is 2.64. The first kappa shape index (κ1) is 16.0. The normalized spacial score (nSPS) is 11.5. The fourth-order valence-corrected chi connectivity index (χ4v) is 2.23. The second-order valence-electron chi connectivity index (χ2n) is 5.16. The van der Waals surface area contributed by atoms with Gasteiger partial charge in [0.1, 0.15) is 12.2 Å². The SMILES string of the molecule is COc1ncnc2c1nc(CCl)n2CCOCCC(C)C. The summed E-state index contributed by atoms with van der Waals surface area (Å²) in [6, 6.07) is 0. The predicted molar refractivity (Wildman–Crippen MR) is 81.7 cm³/mol. The fourth-order valence-electron chi connectivity index (χ4n) is 2.02. The van der Waals surface area contributed by atoms with Crippen molar-refractivity contribution >= 4 is 22.8 Å². The lowest BCUT2D eigenvalue weighted by molar-refractivity contribution is 0.116. The molecular weight excluding hydrogens is 292 g/mol. The third-order valence-corrected chi connectivity index (χ3v) is 3.43. The van der Waals surface area contributed by atoms with Crippen molar-refractivity contribution in [1.82, 2.24) is 19.5 Å². The van der Waals surface area contributed by atoms with Gasteiger partial charge in [0, 0.05) is 13.2 Å². The van der Waals surface area contributed by atoms with Gasteiger partial charge in [-0.15, -0.1) is 11.6 Å². The number of imidazole rings is 1. The Kier molecular flexibility index (Phi) is 5.76. The van der Waals surface area contributed by atoms with Crippen LogP contribution in [0.15, 0.2) is 6.33 Å². The Balaban J connectivity index is 2.11.